The fraction of sp³-hybridized carbons (Fsp3) is 0.357. The molecule has 19 heavy (non-hydrogen) atoms. The van der Waals surface area contributed by atoms with Crippen LogP contribution in [0.1, 0.15) is 25.1 Å². The molecule has 2 aromatic rings. The van der Waals surface area contributed by atoms with E-state index in [1.54, 1.807) is 7.05 Å². The molecule has 0 unspecified atom stereocenters. The van der Waals surface area contributed by atoms with Crippen LogP contribution in [0.5, 0.6) is 5.75 Å². The summed E-state index contributed by atoms with van der Waals surface area (Å²) in [6, 6.07) is 5.93. The van der Waals surface area contributed by atoms with Gasteiger partial charge in [0.05, 0.1) is 0 Å². The Balaban J connectivity index is 2.39. The van der Waals surface area contributed by atoms with Gasteiger partial charge in [0.25, 0.3) is 0 Å². The maximum atomic E-state index is 11.7. The lowest BCUT2D eigenvalue weighted by Crippen LogP contribution is -2.36. The Labute approximate surface area is 110 Å². The summed E-state index contributed by atoms with van der Waals surface area (Å²) in [5.41, 5.74) is 2.29. The summed E-state index contributed by atoms with van der Waals surface area (Å²) in [5.74, 6) is 0.774. The molecule has 0 amide bonds. The van der Waals surface area contributed by atoms with Crippen LogP contribution in [0, 0.1) is 6.92 Å². The largest absolute Gasteiger partial charge is 0.481 e. The number of aryl methyl sites for hydroxylation is 2. The molecule has 3 rings (SSSR count). The molecule has 98 valence electrons. The molecule has 2 heterocycles. The smallest absolute Gasteiger partial charge is 0.364 e. The molecule has 0 atom stereocenters. The standard InChI is InChI=1S/C14H15N3O2/c1-8-5-6-10-9(7-8)11-12(14(2,3)19-10)15-13(18)17(4)16-11/h5-7H,1-4H3. The van der Waals surface area contributed by atoms with Gasteiger partial charge in [-0.15, -0.1) is 0 Å². The van der Waals surface area contributed by atoms with Gasteiger partial charge in [-0.1, -0.05) is 11.6 Å². The van der Waals surface area contributed by atoms with Crippen molar-refractivity contribution < 1.29 is 4.74 Å². The van der Waals surface area contributed by atoms with Crippen molar-refractivity contribution in [3.8, 4) is 17.0 Å². The first-order chi connectivity index (χ1) is 8.88. The fourth-order valence-electron chi connectivity index (χ4n) is 2.30. The van der Waals surface area contributed by atoms with Gasteiger partial charge in [-0.3, -0.25) is 0 Å². The maximum absolute atomic E-state index is 11.7. The topological polar surface area (TPSA) is 57.0 Å². The van der Waals surface area contributed by atoms with E-state index in [1.807, 2.05) is 39.0 Å². The predicted octanol–water partition coefficient (Wildman–Crippen LogP) is 1.78. The second kappa shape index (κ2) is 3.66. The van der Waals surface area contributed by atoms with Gasteiger partial charge < -0.3 is 4.74 Å². The highest BCUT2D eigenvalue weighted by molar-refractivity contribution is 5.72. The summed E-state index contributed by atoms with van der Waals surface area (Å²) in [7, 11) is 1.60. The molecule has 5 heteroatoms. The van der Waals surface area contributed by atoms with Crippen LogP contribution in [0.2, 0.25) is 0 Å². The number of fused-ring (bicyclic) bond motifs is 3. The lowest BCUT2D eigenvalue weighted by atomic mass is 9.94. The van der Waals surface area contributed by atoms with Crippen molar-refractivity contribution in [2.45, 2.75) is 26.4 Å². The quantitative estimate of drug-likeness (QED) is 0.722. The van der Waals surface area contributed by atoms with Crippen LogP contribution in [0.15, 0.2) is 23.0 Å². The Kier molecular flexibility index (Phi) is 2.29. The average molecular weight is 257 g/mol. The van der Waals surface area contributed by atoms with E-state index < -0.39 is 5.60 Å². The molecule has 0 spiro atoms. The van der Waals surface area contributed by atoms with Crippen LogP contribution in [0.3, 0.4) is 0 Å². The molecule has 0 saturated heterocycles. The fourth-order valence-corrected chi connectivity index (χ4v) is 2.30. The molecule has 0 N–H and O–H groups in total. The lowest BCUT2D eigenvalue weighted by Gasteiger charge is -2.32. The van der Waals surface area contributed by atoms with Crippen LogP contribution in [0.4, 0.5) is 0 Å². The van der Waals surface area contributed by atoms with Crippen LogP contribution < -0.4 is 10.4 Å². The molecule has 0 aliphatic carbocycles. The maximum Gasteiger partial charge on any atom is 0.364 e. The van der Waals surface area contributed by atoms with Crippen molar-refractivity contribution >= 4 is 0 Å². The lowest BCUT2D eigenvalue weighted by molar-refractivity contribution is 0.0987. The van der Waals surface area contributed by atoms with Crippen LogP contribution >= 0.6 is 0 Å². The van der Waals surface area contributed by atoms with Gasteiger partial charge in [-0.25, -0.2) is 9.48 Å². The number of rotatable bonds is 0. The third-order valence-corrected chi connectivity index (χ3v) is 3.28. The number of ether oxygens (including phenoxy) is 1. The van der Waals surface area contributed by atoms with E-state index in [9.17, 15) is 4.79 Å². The first-order valence-corrected chi connectivity index (χ1v) is 6.14. The van der Waals surface area contributed by atoms with Gasteiger partial charge in [0.15, 0.2) is 0 Å². The van der Waals surface area contributed by atoms with Crippen molar-refractivity contribution in [3.05, 3.63) is 39.9 Å². The summed E-state index contributed by atoms with van der Waals surface area (Å²) in [6.45, 7) is 5.79. The Morgan fingerprint density at radius 2 is 2.05 bits per heavy atom. The zero-order valence-electron chi connectivity index (χ0n) is 11.4. The van der Waals surface area contributed by atoms with Crippen molar-refractivity contribution in [1.29, 1.82) is 0 Å². The summed E-state index contributed by atoms with van der Waals surface area (Å²) in [6.07, 6.45) is 0. The summed E-state index contributed by atoms with van der Waals surface area (Å²) < 4.78 is 7.20. The summed E-state index contributed by atoms with van der Waals surface area (Å²) in [4.78, 5) is 15.8. The van der Waals surface area contributed by atoms with E-state index in [4.69, 9.17) is 4.74 Å². The van der Waals surface area contributed by atoms with Crippen LogP contribution in [-0.2, 0) is 12.6 Å². The molecule has 1 aromatic heterocycles. The molecule has 0 bridgehead atoms. The van der Waals surface area contributed by atoms with Gasteiger partial charge in [0.2, 0.25) is 0 Å². The molecule has 1 aliphatic rings. The Morgan fingerprint density at radius 1 is 1.32 bits per heavy atom. The van der Waals surface area contributed by atoms with Gasteiger partial charge in [-0.05, 0) is 32.9 Å². The zero-order valence-corrected chi connectivity index (χ0v) is 11.4. The normalized spacial score (nSPS) is 15.4. The first kappa shape index (κ1) is 11.9. The minimum atomic E-state index is -0.655. The second-order valence-electron chi connectivity index (χ2n) is 5.33. The van der Waals surface area contributed by atoms with Gasteiger partial charge in [0.1, 0.15) is 22.7 Å². The van der Waals surface area contributed by atoms with E-state index >= 15 is 0 Å². The van der Waals surface area contributed by atoms with Crippen LogP contribution in [-0.4, -0.2) is 14.8 Å². The van der Waals surface area contributed by atoms with Gasteiger partial charge in [0, 0.05) is 12.6 Å². The minimum absolute atomic E-state index is 0.369. The minimum Gasteiger partial charge on any atom is -0.481 e. The van der Waals surface area contributed by atoms with E-state index in [0.29, 0.717) is 5.69 Å². The van der Waals surface area contributed by atoms with Gasteiger partial charge in [-0.2, -0.15) is 10.1 Å². The predicted molar refractivity (Wildman–Crippen MR) is 71.1 cm³/mol. The first-order valence-electron chi connectivity index (χ1n) is 6.14. The molecular formula is C14H15N3O2. The van der Waals surface area contributed by atoms with E-state index in [2.05, 4.69) is 10.1 Å². The Morgan fingerprint density at radius 3 is 2.79 bits per heavy atom. The second-order valence-corrected chi connectivity index (χ2v) is 5.33. The zero-order chi connectivity index (χ0) is 13.8. The average Bonchev–Trinajstić information content (AvgIpc) is 2.33. The molecule has 0 saturated carbocycles. The monoisotopic (exact) mass is 257 g/mol. The summed E-state index contributed by atoms with van der Waals surface area (Å²) in [5, 5.41) is 4.35. The highest BCUT2D eigenvalue weighted by atomic mass is 16.5. The van der Waals surface area contributed by atoms with Crippen molar-refractivity contribution in [1.82, 2.24) is 14.8 Å². The van der Waals surface area contributed by atoms with E-state index in [-0.39, 0.29) is 5.69 Å². The number of aromatic nitrogens is 3. The third kappa shape index (κ3) is 1.73. The van der Waals surface area contributed by atoms with Crippen LogP contribution in [0.25, 0.3) is 11.3 Å². The number of hydrogen-bond donors (Lipinski definition) is 0. The molecule has 0 radical (unpaired) electrons. The summed E-state index contributed by atoms with van der Waals surface area (Å²) >= 11 is 0. The van der Waals surface area contributed by atoms with E-state index in [0.717, 1.165) is 22.6 Å². The van der Waals surface area contributed by atoms with Crippen molar-refractivity contribution in [2.75, 3.05) is 0 Å². The molecular weight excluding hydrogens is 242 g/mol. The SMILES string of the molecule is Cc1ccc2c(c1)-c1nn(C)c(=O)nc1C(C)(C)O2. The number of nitrogens with zero attached hydrogens (tertiary/aromatic N) is 3. The van der Waals surface area contributed by atoms with Gasteiger partial charge >= 0.3 is 5.69 Å². The molecule has 5 nitrogen and oxygen atoms in total. The molecule has 1 aromatic carbocycles. The van der Waals surface area contributed by atoms with Crippen molar-refractivity contribution in [2.24, 2.45) is 7.05 Å². The molecule has 1 aliphatic heterocycles. The number of benzene rings is 1. The number of hydrogen-bond acceptors (Lipinski definition) is 4. The highest BCUT2D eigenvalue weighted by Crippen LogP contribution is 2.42. The third-order valence-electron chi connectivity index (χ3n) is 3.28. The van der Waals surface area contributed by atoms with Crippen molar-refractivity contribution in [3.63, 3.8) is 0 Å². The van der Waals surface area contributed by atoms with E-state index in [1.165, 1.54) is 4.68 Å². The highest BCUT2D eigenvalue weighted by Gasteiger charge is 2.36. The Bertz CT molecular complexity index is 732. The molecule has 0 fully saturated rings. The Hall–Kier alpha value is -2.17.